The minimum atomic E-state index is -1.17. The van der Waals surface area contributed by atoms with Crippen LogP contribution in [0.15, 0.2) is 48.7 Å². The van der Waals surface area contributed by atoms with Gasteiger partial charge in [0.25, 0.3) is 5.91 Å². The van der Waals surface area contributed by atoms with Crippen molar-refractivity contribution in [3.05, 3.63) is 65.5 Å². The number of hydrogen-bond acceptors (Lipinski definition) is 4. The third-order valence-corrected chi connectivity index (χ3v) is 3.35. The largest absolute Gasteiger partial charge is 0.477 e. The highest BCUT2D eigenvalue weighted by Crippen LogP contribution is 2.10. The number of pyridine rings is 1. The van der Waals surface area contributed by atoms with Gasteiger partial charge in [-0.15, -0.1) is 0 Å². The molecule has 124 valence electrons. The Morgan fingerprint density at radius 1 is 1.12 bits per heavy atom. The van der Waals surface area contributed by atoms with Crippen LogP contribution in [0.1, 0.15) is 26.4 Å². The summed E-state index contributed by atoms with van der Waals surface area (Å²) in [6, 6.07) is 11.9. The first-order valence-electron chi connectivity index (χ1n) is 7.24. The zero-order chi connectivity index (χ0) is 17.5. The van der Waals surface area contributed by atoms with Gasteiger partial charge in [0.2, 0.25) is 5.91 Å². The van der Waals surface area contributed by atoms with Crippen molar-refractivity contribution >= 4 is 17.8 Å². The van der Waals surface area contributed by atoms with Gasteiger partial charge in [-0.1, -0.05) is 30.3 Å². The van der Waals surface area contributed by atoms with E-state index in [-0.39, 0.29) is 30.3 Å². The van der Waals surface area contributed by atoms with Crippen molar-refractivity contribution in [2.24, 2.45) is 0 Å². The van der Waals surface area contributed by atoms with Crippen molar-refractivity contribution in [3.8, 4) is 0 Å². The number of likely N-dealkylation sites (N-methyl/N-ethyl adjacent to an activating group) is 1. The lowest BCUT2D eigenvalue weighted by Gasteiger charge is -2.22. The second kappa shape index (κ2) is 7.87. The Bertz CT molecular complexity index is 729. The Balaban J connectivity index is 2.22. The van der Waals surface area contributed by atoms with Crippen molar-refractivity contribution in [1.82, 2.24) is 15.2 Å². The summed E-state index contributed by atoms with van der Waals surface area (Å²) in [6.07, 6.45) is 1.20. The molecule has 0 bridgehead atoms. The van der Waals surface area contributed by atoms with E-state index in [1.165, 1.54) is 30.3 Å². The van der Waals surface area contributed by atoms with Crippen LogP contribution in [0.5, 0.6) is 0 Å². The molecular formula is C17H17N3O4. The van der Waals surface area contributed by atoms with Crippen LogP contribution in [0.3, 0.4) is 0 Å². The van der Waals surface area contributed by atoms with Crippen LogP contribution in [0.2, 0.25) is 0 Å². The van der Waals surface area contributed by atoms with Crippen molar-refractivity contribution in [2.75, 3.05) is 13.6 Å². The van der Waals surface area contributed by atoms with Crippen molar-refractivity contribution in [2.45, 2.75) is 6.54 Å². The van der Waals surface area contributed by atoms with Gasteiger partial charge in [0, 0.05) is 19.8 Å². The predicted octanol–water partition coefficient (Wildman–Crippen LogP) is 1.17. The highest BCUT2D eigenvalue weighted by atomic mass is 16.4. The van der Waals surface area contributed by atoms with Gasteiger partial charge in [-0.2, -0.15) is 0 Å². The predicted molar refractivity (Wildman–Crippen MR) is 86.4 cm³/mol. The fourth-order valence-corrected chi connectivity index (χ4v) is 2.09. The fourth-order valence-electron chi connectivity index (χ4n) is 2.09. The summed E-state index contributed by atoms with van der Waals surface area (Å²) in [6.45, 7) is 0.151. The molecule has 0 atom stereocenters. The van der Waals surface area contributed by atoms with E-state index >= 15 is 0 Å². The Labute approximate surface area is 138 Å². The first-order valence-corrected chi connectivity index (χ1v) is 7.24. The second-order valence-corrected chi connectivity index (χ2v) is 5.06. The molecule has 0 saturated heterocycles. The summed E-state index contributed by atoms with van der Waals surface area (Å²) in [5.41, 5.74) is 0.956. The summed E-state index contributed by atoms with van der Waals surface area (Å²) in [4.78, 5) is 40.3. The van der Waals surface area contributed by atoms with E-state index in [0.29, 0.717) is 0 Å². The summed E-state index contributed by atoms with van der Waals surface area (Å²) >= 11 is 0. The summed E-state index contributed by atoms with van der Waals surface area (Å²) in [5, 5.41) is 11.3. The van der Waals surface area contributed by atoms with Crippen LogP contribution in [0.4, 0.5) is 0 Å². The fraction of sp³-hybridized carbons (Fsp3) is 0.176. The average Bonchev–Trinajstić information content (AvgIpc) is 2.61. The van der Waals surface area contributed by atoms with Crippen LogP contribution in [0, 0.1) is 0 Å². The maximum absolute atomic E-state index is 12.6. The topological polar surface area (TPSA) is 99.6 Å². The number of carbonyl (C=O) groups is 3. The molecule has 2 amide bonds. The number of aromatic nitrogens is 1. The number of carboxylic acids is 1. The van der Waals surface area contributed by atoms with E-state index in [0.717, 1.165) is 5.56 Å². The van der Waals surface area contributed by atoms with Gasteiger partial charge in [0.1, 0.15) is 12.2 Å². The van der Waals surface area contributed by atoms with Gasteiger partial charge in [-0.05, 0) is 17.7 Å². The van der Waals surface area contributed by atoms with Crippen LogP contribution in [-0.4, -0.2) is 46.4 Å². The molecule has 2 N–H and O–H groups in total. The normalized spacial score (nSPS) is 10.0. The maximum atomic E-state index is 12.6. The smallest absolute Gasteiger partial charge is 0.354 e. The molecule has 2 rings (SSSR count). The highest BCUT2D eigenvalue weighted by molar-refractivity contribution is 5.96. The highest BCUT2D eigenvalue weighted by Gasteiger charge is 2.19. The number of carbonyl (C=O) groups excluding carboxylic acids is 2. The lowest BCUT2D eigenvalue weighted by atomic mass is 10.1. The van der Waals surface area contributed by atoms with Gasteiger partial charge in [-0.25, -0.2) is 9.78 Å². The van der Waals surface area contributed by atoms with Crippen molar-refractivity contribution < 1.29 is 19.5 Å². The molecule has 24 heavy (non-hydrogen) atoms. The SMILES string of the molecule is CNC(=O)CN(Cc1ccccc1)C(=O)c1ccc(C(=O)O)nc1. The summed E-state index contributed by atoms with van der Waals surface area (Å²) in [7, 11) is 1.50. The number of hydrogen-bond donors (Lipinski definition) is 2. The van der Waals surface area contributed by atoms with Crippen molar-refractivity contribution in [1.29, 1.82) is 0 Å². The second-order valence-electron chi connectivity index (χ2n) is 5.06. The first kappa shape index (κ1) is 17.1. The molecule has 0 unspecified atom stereocenters. The van der Waals surface area contributed by atoms with E-state index in [2.05, 4.69) is 10.3 Å². The molecule has 0 aliphatic rings. The maximum Gasteiger partial charge on any atom is 0.354 e. The lowest BCUT2D eigenvalue weighted by molar-refractivity contribution is -0.121. The Hall–Kier alpha value is -3.22. The number of rotatable bonds is 6. The molecule has 0 radical (unpaired) electrons. The number of benzene rings is 1. The molecule has 7 heteroatoms. The van der Waals surface area contributed by atoms with Crippen LogP contribution in [-0.2, 0) is 11.3 Å². The van der Waals surface area contributed by atoms with Crippen LogP contribution < -0.4 is 5.32 Å². The van der Waals surface area contributed by atoms with E-state index in [9.17, 15) is 14.4 Å². The van der Waals surface area contributed by atoms with E-state index in [4.69, 9.17) is 5.11 Å². The third-order valence-electron chi connectivity index (χ3n) is 3.35. The molecule has 2 aromatic rings. The summed E-state index contributed by atoms with van der Waals surface area (Å²) in [5.74, 6) is -1.86. The van der Waals surface area contributed by atoms with Gasteiger partial charge in [0.15, 0.2) is 0 Å². The molecule has 0 spiro atoms. The zero-order valence-corrected chi connectivity index (χ0v) is 13.1. The van der Waals surface area contributed by atoms with E-state index < -0.39 is 11.9 Å². The van der Waals surface area contributed by atoms with Gasteiger partial charge in [-0.3, -0.25) is 9.59 Å². The molecule has 0 fully saturated rings. The van der Waals surface area contributed by atoms with E-state index in [1.54, 1.807) is 0 Å². The third kappa shape index (κ3) is 4.39. The zero-order valence-electron chi connectivity index (χ0n) is 13.1. The molecule has 1 heterocycles. The Morgan fingerprint density at radius 3 is 2.38 bits per heavy atom. The van der Waals surface area contributed by atoms with Crippen LogP contribution >= 0.6 is 0 Å². The number of amides is 2. The minimum Gasteiger partial charge on any atom is -0.477 e. The van der Waals surface area contributed by atoms with E-state index in [1.807, 2.05) is 30.3 Å². The summed E-state index contributed by atoms with van der Waals surface area (Å²) < 4.78 is 0. The first-order chi connectivity index (χ1) is 11.5. The van der Waals surface area contributed by atoms with Crippen LogP contribution in [0.25, 0.3) is 0 Å². The van der Waals surface area contributed by atoms with Gasteiger partial charge >= 0.3 is 5.97 Å². The Morgan fingerprint density at radius 2 is 1.83 bits per heavy atom. The van der Waals surface area contributed by atoms with Gasteiger partial charge < -0.3 is 15.3 Å². The monoisotopic (exact) mass is 327 g/mol. The van der Waals surface area contributed by atoms with Gasteiger partial charge in [0.05, 0.1) is 5.56 Å². The number of carboxylic acid groups (broad SMARTS) is 1. The minimum absolute atomic E-state index is 0.106. The average molecular weight is 327 g/mol. The quantitative estimate of drug-likeness (QED) is 0.829. The number of nitrogens with one attached hydrogen (secondary N) is 1. The molecule has 1 aromatic heterocycles. The number of nitrogens with zero attached hydrogens (tertiary/aromatic N) is 2. The Kier molecular flexibility index (Phi) is 5.62. The molecular weight excluding hydrogens is 310 g/mol. The lowest BCUT2D eigenvalue weighted by Crippen LogP contribution is -2.39. The number of aromatic carboxylic acids is 1. The van der Waals surface area contributed by atoms with Crippen molar-refractivity contribution in [3.63, 3.8) is 0 Å². The molecule has 0 aliphatic carbocycles. The molecule has 7 nitrogen and oxygen atoms in total. The molecule has 0 aliphatic heterocycles. The molecule has 0 saturated carbocycles. The standard InChI is InChI=1S/C17H17N3O4/c1-18-15(21)11-20(10-12-5-3-2-4-6-12)16(22)13-7-8-14(17(23)24)19-9-13/h2-9H,10-11H2,1H3,(H,18,21)(H,23,24). The molecule has 1 aromatic carbocycles.